The zero-order valence-electron chi connectivity index (χ0n) is 10.1. The predicted molar refractivity (Wildman–Crippen MR) is 65.4 cm³/mol. The van der Waals surface area contributed by atoms with Crippen molar-refractivity contribution >= 4 is 7.60 Å². The van der Waals surface area contributed by atoms with E-state index in [0.29, 0.717) is 13.2 Å². The lowest BCUT2D eigenvalue weighted by atomic mass is 10.4. The van der Waals surface area contributed by atoms with Gasteiger partial charge >= 0.3 is 7.60 Å². The molecule has 1 unspecified atom stereocenters. The Labute approximate surface area is 97.8 Å². The largest absolute Gasteiger partial charge is 0.487 e. The average molecular weight is 248 g/mol. The lowest BCUT2D eigenvalue weighted by Gasteiger charge is -2.19. The van der Waals surface area contributed by atoms with Crippen molar-refractivity contribution in [2.75, 3.05) is 19.8 Å². The first-order valence-electron chi connectivity index (χ1n) is 5.43. The second kappa shape index (κ2) is 8.57. The van der Waals surface area contributed by atoms with Gasteiger partial charge in [0.05, 0.1) is 19.8 Å². The molecule has 94 valence electrons. The smallest absolute Gasteiger partial charge is 0.395 e. The summed E-state index contributed by atoms with van der Waals surface area (Å²) in [4.78, 5) is 0. The molecule has 0 aliphatic rings. The molecule has 5 heteroatoms. The van der Waals surface area contributed by atoms with Crippen LogP contribution < -0.4 is 0 Å². The monoisotopic (exact) mass is 248 g/mol. The lowest BCUT2D eigenvalue weighted by Crippen LogP contribution is -2.02. The molecule has 0 aromatic heterocycles. The lowest BCUT2D eigenvalue weighted by molar-refractivity contribution is 0.182. The number of hydrogen-bond donors (Lipinski definition) is 0. The van der Waals surface area contributed by atoms with Gasteiger partial charge in [-0.1, -0.05) is 19.4 Å². The van der Waals surface area contributed by atoms with Crippen molar-refractivity contribution in [3.63, 3.8) is 0 Å². The summed E-state index contributed by atoms with van der Waals surface area (Å²) < 4.78 is 27.7. The minimum Gasteiger partial charge on any atom is -0.487 e. The Bertz CT molecular complexity index is 263. The molecular weight excluding hydrogens is 227 g/mol. The second-order valence-corrected chi connectivity index (χ2v) is 5.11. The molecule has 0 radical (unpaired) electrons. The molecule has 1 atom stereocenters. The van der Waals surface area contributed by atoms with E-state index in [0.717, 1.165) is 12.8 Å². The maximum Gasteiger partial charge on any atom is 0.395 e. The zero-order chi connectivity index (χ0) is 12.4. The van der Waals surface area contributed by atoms with Crippen molar-refractivity contribution in [2.45, 2.75) is 26.7 Å². The molecule has 0 amide bonds. The van der Waals surface area contributed by atoms with Crippen LogP contribution in [0, 0.1) is 0 Å². The second-order valence-electron chi connectivity index (χ2n) is 3.10. The van der Waals surface area contributed by atoms with Crippen LogP contribution in [0.1, 0.15) is 26.7 Å². The number of rotatable bonds is 10. The van der Waals surface area contributed by atoms with Crippen LogP contribution in [0.25, 0.3) is 0 Å². The van der Waals surface area contributed by atoms with E-state index in [4.69, 9.17) is 13.8 Å². The van der Waals surface area contributed by atoms with E-state index in [-0.39, 0.29) is 12.1 Å². The van der Waals surface area contributed by atoms with Gasteiger partial charge in [-0.2, -0.15) is 0 Å². The molecule has 0 spiro atoms. The number of unbranched alkanes of at least 4 members (excludes halogenated alkanes) is 1. The van der Waals surface area contributed by atoms with Gasteiger partial charge in [-0.15, -0.1) is 6.58 Å². The van der Waals surface area contributed by atoms with Gasteiger partial charge in [0.1, 0.15) is 0 Å². The van der Waals surface area contributed by atoms with Gasteiger partial charge in [0.2, 0.25) is 5.50 Å². The van der Waals surface area contributed by atoms with Gasteiger partial charge in [0.25, 0.3) is 0 Å². The molecule has 0 N–H and O–H groups in total. The summed E-state index contributed by atoms with van der Waals surface area (Å²) >= 11 is 0. The van der Waals surface area contributed by atoms with Crippen molar-refractivity contribution in [3.05, 3.63) is 24.7 Å². The Balaban J connectivity index is 4.40. The van der Waals surface area contributed by atoms with E-state index in [9.17, 15) is 4.57 Å². The van der Waals surface area contributed by atoms with E-state index in [1.54, 1.807) is 6.92 Å². The molecule has 4 nitrogen and oxygen atoms in total. The minimum absolute atomic E-state index is 0.0629. The zero-order valence-corrected chi connectivity index (χ0v) is 11.0. The SMILES string of the molecule is C=CCOP(=O)(OCCCC)C(=C)OCC. The summed E-state index contributed by atoms with van der Waals surface area (Å²) in [5.41, 5.74) is 0.0629. The Morgan fingerprint density at radius 3 is 2.56 bits per heavy atom. The highest BCUT2D eigenvalue weighted by molar-refractivity contribution is 7.58. The highest BCUT2D eigenvalue weighted by atomic mass is 31.2. The van der Waals surface area contributed by atoms with Gasteiger partial charge in [0.15, 0.2) is 0 Å². The van der Waals surface area contributed by atoms with E-state index in [1.807, 2.05) is 6.92 Å². The summed E-state index contributed by atoms with van der Waals surface area (Å²) in [7, 11) is -3.36. The highest BCUT2D eigenvalue weighted by Crippen LogP contribution is 2.55. The van der Waals surface area contributed by atoms with Crippen LogP contribution in [0.5, 0.6) is 0 Å². The van der Waals surface area contributed by atoms with Crippen molar-refractivity contribution in [1.82, 2.24) is 0 Å². The molecule has 0 aliphatic carbocycles. The average Bonchev–Trinajstić information content (AvgIpc) is 2.27. The molecule has 0 saturated heterocycles. The fourth-order valence-electron chi connectivity index (χ4n) is 0.907. The Kier molecular flexibility index (Phi) is 8.26. The molecule has 0 fully saturated rings. The van der Waals surface area contributed by atoms with Gasteiger partial charge in [-0.25, -0.2) is 0 Å². The molecule has 0 saturated carbocycles. The Morgan fingerprint density at radius 1 is 1.38 bits per heavy atom. The third-order valence-corrected chi connectivity index (χ3v) is 3.49. The van der Waals surface area contributed by atoms with E-state index in [2.05, 4.69) is 13.2 Å². The number of ether oxygens (including phenoxy) is 1. The molecule has 0 aliphatic heterocycles. The van der Waals surface area contributed by atoms with Crippen LogP contribution in [0.15, 0.2) is 24.7 Å². The topological polar surface area (TPSA) is 44.8 Å². The van der Waals surface area contributed by atoms with Crippen LogP contribution in [0.2, 0.25) is 0 Å². The Morgan fingerprint density at radius 2 is 2.06 bits per heavy atom. The van der Waals surface area contributed by atoms with Crippen LogP contribution >= 0.6 is 7.60 Å². The molecule has 0 heterocycles. The van der Waals surface area contributed by atoms with Gasteiger partial charge < -0.3 is 9.26 Å². The third-order valence-electron chi connectivity index (χ3n) is 1.74. The van der Waals surface area contributed by atoms with Crippen molar-refractivity contribution in [1.29, 1.82) is 0 Å². The molecule has 0 bridgehead atoms. The fraction of sp³-hybridized carbons (Fsp3) is 0.636. The minimum atomic E-state index is -3.36. The maximum absolute atomic E-state index is 12.2. The summed E-state index contributed by atoms with van der Waals surface area (Å²) in [6.45, 7) is 11.8. The van der Waals surface area contributed by atoms with E-state index < -0.39 is 7.60 Å². The molecular formula is C11H21O4P. The van der Waals surface area contributed by atoms with Crippen molar-refractivity contribution in [3.8, 4) is 0 Å². The fourth-order valence-corrected chi connectivity index (χ4v) is 2.23. The third kappa shape index (κ3) is 5.50. The normalized spacial score (nSPS) is 14.1. The molecule has 0 aromatic rings. The Hall–Kier alpha value is -0.570. The van der Waals surface area contributed by atoms with Crippen LogP contribution in [0.4, 0.5) is 0 Å². The van der Waals surface area contributed by atoms with Crippen LogP contribution in [-0.2, 0) is 18.3 Å². The highest BCUT2D eigenvalue weighted by Gasteiger charge is 2.30. The van der Waals surface area contributed by atoms with Gasteiger partial charge in [0, 0.05) is 0 Å². The summed E-state index contributed by atoms with van der Waals surface area (Å²) in [5.74, 6) is 0. The van der Waals surface area contributed by atoms with Crippen LogP contribution in [-0.4, -0.2) is 19.8 Å². The summed E-state index contributed by atoms with van der Waals surface area (Å²) in [6, 6.07) is 0. The van der Waals surface area contributed by atoms with Gasteiger partial charge in [-0.3, -0.25) is 9.09 Å². The summed E-state index contributed by atoms with van der Waals surface area (Å²) in [6.07, 6.45) is 3.29. The number of hydrogen-bond acceptors (Lipinski definition) is 4. The first-order chi connectivity index (χ1) is 7.60. The van der Waals surface area contributed by atoms with E-state index >= 15 is 0 Å². The quantitative estimate of drug-likeness (QED) is 0.256. The van der Waals surface area contributed by atoms with Gasteiger partial charge in [-0.05, 0) is 19.9 Å². The first kappa shape index (κ1) is 15.4. The van der Waals surface area contributed by atoms with Crippen molar-refractivity contribution in [2.24, 2.45) is 0 Å². The predicted octanol–water partition coefficient (Wildman–Crippen LogP) is 3.71. The first-order valence-corrected chi connectivity index (χ1v) is 6.97. The van der Waals surface area contributed by atoms with Crippen molar-refractivity contribution < 1.29 is 18.3 Å². The standard InChI is InChI=1S/C11H21O4P/c1-5-8-10-15-16(12,14-9-6-2)11(4)13-7-3/h6H,2,4-5,7-10H2,1,3H3. The molecule has 0 aromatic carbocycles. The van der Waals surface area contributed by atoms with E-state index in [1.165, 1.54) is 6.08 Å². The molecule has 0 rings (SSSR count). The van der Waals surface area contributed by atoms with Crippen LogP contribution in [0.3, 0.4) is 0 Å². The summed E-state index contributed by atoms with van der Waals surface area (Å²) in [5, 5.41) is 0. The molecule has 16 heavy (non-hydrogen) atoms. The maximum atomic E-state index is 12.2.